The van der Waals surface area contributed by atoms with Gasteiger partial charge < -0.3 is 24.3 Å². The number of alkyl carbamates (subject to hydrolysis) is 1. The van der Waals surface area contributed by atoms with E-state index in [-0.39, 0.29) is 28.8 Å². The summed E-state index contributed by atoms with van der Waals surface area (Å²) in [5, 5.41) is 2.51. The maximum Gasteiger partial charge on any atom is 1.00 e. The molecule has 0 saturated heterocycles. The van der Waals surface area contributed by atoms with E-state index >= 15 is 0 Å². The molecule has 0 unspecified atom stereocenters. The molecule has 0 aliphatic rings. The molecular formula is C17H24AgNO6. The Morgan fingerprint density at radius 2 is 1.76 bits per heavy atom. The van der Waals surface area contributed by atoms with Crippen molar-refractivity contribution in [2.24, 2.45) is 0 Å². The molecule has 144 valence electrons. The second-order valence-electron chi connectivity index (χ2n) is 6.02. The molecule has 1 N–H and O–H groups in total. The summed E-state index contributed by atoms with van der Waals surface area (Å²) in [5.74, 6) is 0.451. The van der Waals surface area contributed by atoms with Gasteiger partial charge in [0, 0.05) is 5.75 Å². The maximum atomic E-state index is 11.9. The molecule has 0 radical (unpaired) electrons. The van der Waals surface area contributed by atoms with Crippen LogP contribution >= 0.6 is 0 Å². The standard InChI is InChI=1S/C17H24NO6.Ag/c1-17(2,3)24-16(20)18-12(15(19)23-6)9-11-7-8-13(21-4)14(10-11)22-5;/h8,10,12H,9H2,1-6H3,(H,18,20);/q-1;+1/t12-;/m0./s1. The van der Waals surface area contributed by atoms with Gasteiger partial charge in [-0.3, -0.25) is 0 Å². The third kappa shape index (κ3) is 7.81. The van der Waals surface area contributed by atoms with Crippen LogP contribution in [0.3, 0.4) is 0 Å². The molecule has 1 amide bonds. The third-order valence-electron chi connectivity index (χ3n) is 2.98. The van der Waals surface area contributed by atoms with Crippen LogP contribution in [-0.4, -0.2) is 45.0 Å². The van der Waals surface area contributed by atoms with Gasteiger partial charge in [0.25, 0.3) is 0 Å². The Balaban J connectivity index is 0.00000576. The second kappa shape index (κ2) is 10.3. The quantitative estimate of drug-likeness (QED) is 0.410. The minimum Gasteiger partial charge on any atom is -0.551 e. The van der Waals surface area contributed by atoms with Crippen LogP contribution in [0.5, 0.6) is 11.5 Å². The summed E-state index contributed by atoms with van der Waals surface area (Å²) < 4.78 is 20.3. The smallest absolute Gasteiger partial charge is 0.551 e. The summed E-state index contributed by atoms with van der Waals surface area (Å²) in [6.45, 7) is 5.21. The molecule has 7 nitrogen and oxygen atoms in total. The molecule has 0 aliphatic heterocycles. The van der Waals surface area contributed by atoms with Gasteiger partial charge in [0.2, 0.25) is 0 Å². The van der Waals surface area contributed by atoms with Crippen molar-refractivity contribution in [2.75, 3.05) is 21.3 Å². The van der Waals surface area contributed by atoms with Crippen LogP contribution in [0, 0.1) is 6.07 Å². The summed E-state index contributed by atoms with van der Waals surface area (Å²) in [6.07, 6.45) is -0.523. The predicted molar refractivity (Wildman–Crippen MR) is 87.3 cm³/mol. The predicted octanol–water partition coefficient (Wildman–Crippen LogP) is 2.11. The van der Waals surface area contributed by atoms with E-state index in [1.54, 1.807) is 32.9 Å². The van der Waals surface area contributed by atoms with Gasteiger partial charge in [-0.1, -0.05) is 0 Å². The normalized spacial score (nSPS) is 11.6. The summed E-state index contributed by atoms with van der Waals surface area (Å²) in [6, 6.07) is 5.38. The number of nitrogens with one attached hydrogen (secondary N) is 1. The molecule has 0 bridgehead atoms. The van der Waals surface area contributed by atoms with Gasteiger partial charge in [0.1, 0.15) is 11.6 Å². The van der Waals surface area contributed by atoms with Crippen molar-refractivity contribution in [3.8, 4) is 11.5 Å². The number of benzene rings is 1. The maximum absolute atomic E-state index is 11.9. The first-order valence-corrected chi connectivity index (χ1v) is 7.40. The largest absolute Gasteiger partial charge is 1.00 e. The van der Waals surface area contributed by atoms with Crippen molar-refractivity contribution in [3.63, 3.8) is 0 Å². The molecule has 1 aromatic rings. The number of carbonyl (C=O) groups is 2. The Morgan fingerprint density at radius 3 is 2.24 bits per heavy atom. The van der Waals surface area contributed by atoms with Crippen LogP contribution in [0.15, 0.2) is 12.1 Å². The molecule has 25 heavy (non-hydrogen) atoms. The van der Waals surface area contributed by atoms with E-state index in [1.165, 1.54) is 21.3 Å². The van der Waals surface area contributed by atoms with E-state index in [4.69, 9.17) is 18.9 Å². The third-order valence-corrected chi connectivity index (χ3v) is 2.98. The topological polar surface area (TPSA) is 83.1 Å². The van der Waals surface area contributed by atoms with Gasteiger partial charge in [-0.2, -0.15) is 11.6 Å². The molecule has 0 aliphatic carbocycles. The van der Waals surface area contributed by atoms with Crippen molar-refractivity contribution in [3.05, 3.63) is 23.8 Å². The average molecular weight is 446 g/mol. The minimum absolute atomic E-state index is 0. The van der Waals surface area contributed by atoms with Crippen molar-refractivity contribution >= 4 is 12.1 Å². The fourth-order valence-electron chi connectivity index (χ4n) is 1.94. The second-order valence-corrected chi connectivity index (χ2v) is 6.02. The summed E-state index contributed by atoms with van der Waals surface area (Å²) in [7, 11) is 4.29. The summed E-state index contributed by atoms with van der Waals surface area (Å²) in [4.78, 5) is 23.8. The number of ether oxygens (including phenoxy) is 4. The zero-order valence-corrected chi connectivity index (χ0v) is 16.7. The van der Waals surface area contributed by atoms with Crippen LogP contribution < -0.4 is 14.8 Å². The first-order chi connectivity index (χ1) is 11.2. The van der Waals surface area contributed by atoms with Crippen LogP contribution in [0.4, 0.5) is 4.79 Å². The number of hydrogen-bond acceptors (Lipinski definition) is 6. The minimum atomic E-state index is -0.904. The molecule has 0 aromatic heterocycles. The Kier molecular flexibility index (Phi) is 9.63. The SMILES string of the molecule is COC(=O)[C@H](Cc1[c-]cc(OC)c(OC)c1)NC(=O)OC(C)(C)C.[Ag+]. The summed E-state index contributed by atoms with van der Waals surface area (Å²) >= 11 is 0. The van der Waals surface area contributed by atoms with Crippen LogP contribution in [0.25, 0.3) is 0 Å². The van der Waals surface area contributed by atoms with Crippen molar-refractivity contribution in [1.82, 2.24) is 5.32 Å². The first kappa shape index (κ1) is 23.3. The molecule has 8 heteroatoms. The molecule has 0 saturated carbocycles. The Labute approximate surface area is 163 Å². The van der Waals surface area contributed by atoms with Crippen molar-refractivity contribution in [1.29, 1.82) is 0 Å². The molecule has 0 fully saturated rings. The van der Waals surface area contributed by atoms with Crippen molar-refractivity contribution < 1.29 is 50.9 Å². The Bertz CT molecular complexity index is 585. The molecular weight excluding hydrogens is 422 g/mol. The summed E-state index contributed by atoms with van der Waals surface area (Å²) in [5.41, 5.74) is -0.0145. The van der Waals surface area contributed by atoms with Crippen LogP contribution in [-0.2, 0) is 43.1 Å². The fraction of sp³-hybridized carbons (Fsp3) is 0.529. The van der Waals surface area contributed by atoms with Gasteiger partial charge in [-0.25, -0.2) is 9.59 Å². The fourth-order valence-corrected chi connectivity index (χ4v) is 1.94. The van der Waals surface area contributed by atoms with Gasteiger partial charge >= 0.3 is 34.4 Å². The van der Waals surface area contributed by atoms with E-state index in [1.807, 2.05) is 0 Å². The average Bonchev–Trinajstić information content (AvgIpc) is 2.51. The molecule has 1 atom stereocenters. The first-order valence-electron chi connectivity index (χ1n) is 7.40. The van der Waals surface area contributed by atoms with E-state index in [2.05, 4.69) is 11.4 Å². The monoisotopic (exact) mass is 445 g/mol. The van der Waals surface area contributed by atoms with Gasteiger partial charge in [-0.15, -0.1) is 12.1 Å². The Hall–Kier alpha value is -1.70. The van der Waals surface area contributed by atoms with E-state index < -0.39 is 23.7 Å². The van der Waals surface area contributed by atoms with Crippen molar-refractivity contribution in [2.45, 2.75) is 38.8 Å². The number of esters is 1. The number of hydrogen-bond donors (Lipinski definition) is 1. The van der Waals surface area contributed by atoms with Gasteiger partial charge in [0.05, 0.1) is 27.1 Å². The number of rotatable bonds is 6. The molecule has 0 heterocycles. The van der Waals surface area contributed by atoms with E-state index in [9.17, 15) is 9.59 Å². The molecule has 0 spiro atoms. The number of carbonyl (C=O) groups excluding carboxylic acids is 2. The zero-order valence-electron chi connectivity index (χ0n) is 15.2. The van der Waals surface area contributed by atoms with Gasteiger partial charge in [-0.05, 0) is 27.2 Å². The van der Waals surface area contributed by atoms with Gasteiger partial charge in [0.15, 0.2) is 0 Å². The number of methoxy groups -OCH3 is 3. The molecule has 1 rings (SSSR count). The van der Waals surface area contributed by atoms with Crippen LogP contribution in [0.2, 0.25) is 0 Å². The Morgan fingerprint density at radius 1 is 1.16 bits per heavy atom. The van der Waals surface area contributed by atoms with E-state index in [0.717, 1.165) is 0 Å². The van der Waals surface area contributed by atoms with Crippen LogP contribution in [0.1, 0.15) is 26.3 Å². The number of amides is 1. The van der Waals surface area contributed by atoms with E-state index in [0.29, 0.717) is 17.1 Å². The zero-order chi connectivity index (χ0) is 18.3. The molecule has 1 aromatic carbocycles.